The van der Waals surface area contributed by atoms with Crippen LogP contribution in [0.3, 0.4) is 0 Å². The standard InChI is InChI=1S/C18H18ClN3O3/c19-12-2-1-3-13(8-12)20-9-14-16(23)21-18(25)22(17(14)24)15-7-10-4-5-11(15)6-10/h1-3,8-11,14-15H,4-7H2,(H,21,23,25)/t10-,11-,14-,15+/m0/s1. The van der Waals surface area contributed by atoms with Crippen molar-refractivity contribution >= 4 is 41.3 Å². The molecule has 2 bridgehead atoms. The topological polar surface area (TPSA) is 78.8 Å². The highest BCUT2D eigenvalue weighted by atomic mass is 35.5. The van der Waals surface area contributed by atoms with Gasteiger partial charge in [0.1, 0.15) is 0 Å². The zero-order valence-corrected chi connectivity index (χ0v) is 14.3. The van der Waals surface area contributed by atoms with Crippen molar-refractivity contribution in [3.05, 3.63) is 29.3 Å². The molecule has 3 fully saturated rings. The molecule has 0 aromatic heterocycles. The summed E-state index contributed by atoms with van der Waals surface area (Å²) in [6, 6.07) is 6.13. The van der Waals surface area contributed by atoms with Crippen LogP contribution < -0.4 is 5.32 Å². The number of amides is 4. The lowest BCUT2D eigenvalue weighted by molar-refractivity contribution is -0.141. The van der Waals surface area contributed by atoms with E-state index in [1.54, 1.807) is 24.3 Å². The molecule has 0 radical (unpaired) electrons. The highest BCUT2D eigenvalue weighted by molar-refractivity contribution is 6.30. The molecule has 7 heteroatoms. The summed E-state index contributed by atoms with van der Waals surface area (Å²) in [6.07, 6.45) is 5.42. The molecular weight excluding hydrogens is 342 g/mol. The first-order chi connectivity index (χ1) is 12.0. The number of carbonyl (C=O) groups excluding carboxylic acids is 3. The van der Waals surface area contributed by atoms with Gasteiger partial charge >= 0.3 is 6.03 Å². The predicted molar refractivity (Wildman–Crippen MR) is 92.7 cm³/mol. The number of nitrogens with zero attached hydrogens (tertiary/aromatic N) is 2. The van der Waals surface area contributed by atoms with E-state index in [1.807, 2.05) is 0 Å². The molecule has 1 aromatic rings. The average Bonchev–Trinajstić information content (AvgIpc) is 3.17. The van der Waals surface area contributed by atoms with Gasteiger partial charge in [0.15, 0.2) is 5.92 Å². The zero-order valence-electron chi connectivity index (χ0n) is 13.5. The predicted octanol–water partition coefficient (Wildman–Crippen LogP) is 2.93. The Morgan fingerprint density at radius 1 is 1.20 bits per heavy atom. The SMILES string of the molecule is O=C1NC(=O)N([C@@H]2C[C@H]3CC[C@H]2C3)C(=O)[C@H]1C=Nc1cccc(Cl)c1. The fraction of sp³-hybridized carbons (Fsp3) is 0.444. The van der Waals surface area contributed by atoms with E-state index < -0.39 is 23.8 Å². The van der Waals surface area contributed by atoms with Crippen molar-refractivity contribution in [2.75, 3.05) is 0 Å². The number of aliphatic imine (C=N–C) groups is 1. The number of benzene rings is 1. The van der Waals surface area contributed by atoms with Gasteiger partial charge in [0, 0.05) is 17.3 Å². The smallest absolute Gasteiger partial charge is 0.277 e. The molecular formula is C18H18ClN3O3. The van der Waals surface area contributed by atoms with Gasteiger partial charge in [-0.15, -0.1) is 0 Å². The van der Waals surface area contributed by atoms with E-state index in [9.17, 15) is 14.4 Å². The molecule has 4 atom stereocenters. The van der Waals surface area contributed by atoms with Crippen molar-refractivity contribution in [3.63, 3.8) is 0 Å². The van der Waals surface area contributed by atoms with Crippen molar-refractivity contribution in [1.82, 2.24) is 10.2 Å². The van der Waals surface area contributed by atoms with E-state index in [0.29, 0.717) is 22.5 Å². The number of rotatable bonds is 3. The second kappa shape index (κ2) is 6.26. The number of fused-ring (bicyclic) bond motifs is 2. The molecule has 1 aliphatic heterocycles. The normalized spacial score (nSPS) is 31.9. The Balaban J connectivity index is 1.56. The van der Waals surface area contributed by atoms with Crippen LogP contribution in [0.1, 0.15) is 25.7 Å². The molecule has 1 heterocycles. The molecule has 4 amide bonds. The molecule has 3 aliphatic rings. The molecule has 2 saturated carbocycles. The summed E-state index contributed by atoms with van der Waals surface area (Å²) in [7, 11) is 0. The van der Waals surface area contributed by atoms with E-state index in [4.69, 9.17) is 11.6 Å². The number of carbonyl (C=O) groups is 3. The Bertz CT molecular complexity index is 779. The van der Waals surface area contributed by atoms with Gasteiger partial charge in [-0.3, -0.25) is 24.8 Å². The molecule has 1 saturated heterocycles. The van der Waals surface area contributed by atoms with Gasteiger partial charge in [0.25, 0.3) is 0 Å². The van der Waals surface area contributed by atoms with Gasteiger partial charge in [0.05, 0.1) is 5.69 Å². The minimum absolute atomic E-state index is 0.0959. The monoisotopic (exact) mass is 359 g/mol. The number of barbiturate groups is 1. The largest absolute Gasteiger partial charge is 0.331 e. The molecule has 2 aliphatic carbocycles. The van der Waals surface area contributed by atoms with Gasteiger partial charge in [-0.1, -0.05) is 24.1 Å². The molecule has 6 nitrogen and oxygen atoms in total. The van der Waals surface area contributed by atoms with Gasteiger partial charge < -0.3 is 0 Å². The third-order valence-corrected chi connectivity index (χ3v) is 5.68. The molecule has 1 N–H and O–H groups in total. The van der Waals surface area contributed by atoms with E-state index in [2.05, 4.69) is 10.3 Å². The molecule has 130 valence electrons. The Kier molecular flexibility index (Phi) is 4.07. The van der Waals surface area contributed by atoms with E-state index >= 15 is 0 Å². The third-order valence-electron chi connectivity index (χ3n) is 5.45. The van der Waals surface area contributed by atoms with Crippen LogP contribution in [0.15, 0.2) is 29.3 Å². The van der Waals surface area contributed by atoms with E-state index in [0.717, 1.165) is 19.3 Å². The summed E-state index contributed by atoms with van der Waals surface area (Å²) in [6.45, 7) is 0. The average molecular weight is 360 g/mol. The van der Waals surface area contributed by atoms with Crippen molar-refractivity contribution < 1.29 is 14.4 Å². The number of halogens is 1. The summed E-state index contributed by atoms with van der Waals surface area (Å²) in [5, 5.41) is 2.82. The van der Waals surface area contributed by atoms with Crippen molar-refractivity contribution in [2.45, 2.75) is 31.7 Å². The van der Waals surface area contributed by atoms with Crippen LogP contribution >= 0.6 is 11.6 Å². The van der Waals surface area contributed by atoms with Gasteiger partial charge in [0.2, 0.25) is 11.8 Å². The number of hydrogen-bond donors (Lipinski definition) is 1. The van der Waals surface area contributed by atoms with Crippen LogP contribution in [0.5, 0.6) is 0 Å². The maximum absolute atomic E-state index is 12.8. The van der Waals surface area contributed by atoms with Crippen LogP contribution in [-0.4, -0.2) is 35.0 Å². The van der Waals surface area contributed by atoms with E-state index in [-0.39, 0.29) is 6.04 Å². The summed E-state index contributed by atoms with van der Waals surface area (Å²) < 4.78 is 0. The molecule has 4 rings (SSSR count). The molecule has 25 heavy (non-hydrogen) atoms. The summed E-state index contributed by atoms with van der Waals surface area (Å²) in [4.78, 5) is 42.7. The first kappa shape index (κ1) is 16.3. The lowest BCUT2D eigenvalue weighted by Gasteiger charge is -2.36. The summed E-state index contributed by atoms with van der Waals surface area (Å²) in [5.41, 5.74) is 0.552. The van der Waals surface area contributed by atoms with Gasteiger partial charge in [-0.05, 0) is 49.3 Å². The van der Waals surface area contributed by atoms with Crippen molar-refractivity contribution in [1.29, 1.82) is 0 Å². The number of urea groups is 1. The minimum Gasteiger partial charge on any atom is -0.277 e. The van der Waals surface area contributed by atoms with Crippen LogP contribution in [0.25, 0.3) is 0 Å². The minimum atomic E-state index is -1.09. The first-order valence-electron chi connectivity index (χ1n) is 8.50. The second-order valence-electron chi connectivity index (χ2n) is 6.98. The van der Waals surface area contributed by atoms with Crippen molar-refractivity contribution in [2.24, 2.45) is 22.7 Å². The van der Waals surface area contributed by atoms with Crippen LogP contribution in [0, 0.1) is 17.8 Å². The molecule has 0 unspecified atom stereocenters. The Hall–Kier alpha value is -2.21. The Labute approximate surface area is 150 Å². The van der Waals surface area contributed by atoms with Crippen LogP contribution in [-0.2, 0) is 9.59 Å². The van der Waals surface area contributed by atoms with Crippen LogP contribution in [0.2, 0.25) is 5.02 Å². The maximum Gasteiger partial charge on any atom is 0.331 e. The Morgan fingerprint density at radius 3 is 2.72 bits per heavy atom. The lowest BCUT2D eigenvalue weighted by atomic mass is 9.92. The quantitative estimate of drug-likeness (QED) is 0.665. The maximum atomic E-state index is 12.8. The highest BCUT2D eigenvalue weighted by Crippen LogP contribution is 2.47. The van der Waals surface area contributed by atoms with Crippen molar-refractivity contribution in [3.8, 4) is 0 Å². The fourth-order valence-electron chi connectivity index (χ4n) is 4.30. The first-order valence-corrected chi connectivity index (χ1v) is 8.88. The van der Waals surface area contributed by atoms with Crippen LogP contribution in [0.4, 0.5) is 10.5 Å². The lowest BCUT2D eigenvalue weighted by Crippen LogP contribution is -2.62. The Morgan fingerprint density at radius 2 is 2.04 bits per heavy atom. The highest BCUT2D eigenvalue weighted by Gasteiger charge is 2.50. The van der Waals surface area contributed by atoms with Gasteiger partial charge in [-0.25, -0.2) is 4.79 Å². The number of nitrogens with one attached hydrogen (secondary N) is 1. The summed E-state index contributed by atoms with van der Waals surface area (Å²) >= 11 is 5.92. The van der Waals surface area contributed by atoms with E-state index in [1.165, 1.54) is 17.5 Å². The molecule has 0 spiro atoms. The number of hydrogen-bond acceptors (Lipinski definition) is 4. The zero-order chi connectivity index (χ0) is 17.6. The fourth-order valence-corrected chi connectivity index (χ4v) is 4.48. The summed E-state index contributed by atoms with van der Waals surface area (Å²) in [5.74, 6) is -1.24. The third kappa shape index (κ3) is 2.95. The number of imide groups is 2. The molecule has 1 aromatic carbocycles. The second-order valence-corrected chi connectivity index (χ2v) is 7.42. The van der Waals surface area contributed by atoms with Gasteiger partial charge in [-0.2, -0.15) is 0 Å².